The number of benzene rings is 2. The van der Waals surface area contributed by atoms with E-state index in [0.717, 1.165) is 22.9 Å². The second-order valence-corrected chi connectivity index (χ2v) is 11.6. The Morgan fingerprint density at radius 2 is 1.63 bits per heavy atom. The van der Waals surface area contributed by atoms with Crippen LogP contribution < -0.4 is 15.2 Å². The van der Waals surface area contributed by atoms with E-state index in [4.69, 9.17) is 4.74 Å². The molecule has 0 bridgehead atoms. The summed E-state index contributed by atoms with van der Waals surface area (Å²) in [5, 5.41) is 4.12. The maximum atomic E-state index is 14.4. The maximum Gasteiger partial charge on any atom is 0.316 e. The first-order valence-corrected chi connectivity index (χ1v) is 13.4. The van der Waals surface area contributed by atoms with Crippen LogP contribution in [0.3, 0.4) is 0 Å². The van der Waals surface area contributed by atoms with Gasteiger partial charge in [-0.05, 0) is 43.2 Å². The van der Waals surface area contributed by atoms with Crippen LogP contribution in [-0.4, -0.2) is 56.2 Å². The molecule has 1 aliphatic carbocycles. The van der Waals surface area contributed by atoms with Gasteiger partial charge in [0.25, 0.3) is 0 Å². The van der Waals surface area contributed by atoms with Gasteiger partial charge >= 0.3 is 5.56 Å². The zero-order valence-corrected chi connectivity index (χ0v) is 21.6. The van der Waals surface area contributed by atoms with Crippen molar-refractivity contribution in [2.75, 3.05) is 31.1 Å². The molecule has 0 saturated carbocycles. The lowest BCUT2D eigenvalue weighted by Gasteiger charge is -2.37. The molecule has 7 nitrogen and oxygen atoms in total. The van der Waals surface area contributed by atoms with E-state index in [9.17, 15) is 26.9 Å². The van der Waals surface area contributed by atoms with Gasteiger partial charge in [0.15, 0.2) is 0 Å². The van der Waals surface area contributed by atoms with E-state index in [1.807, 2.05) is 23.1 Å². The van der Waals surface area contributed by atoms with Crippen molar-refractivity contribution < 1.29 is 26.9 Å². The van der Waals surface area contributed by atoms with E-state index in [-0.39, 0.29) is 29.5 Å². The molecule has 1 aromatic heterocycles. The van der Waals surface area contributed by atoms with Gasteiger partial charge in [0, 0.05) is 49.4 Å². The minimum Gasteiger partial charge on any atom is -0.598 e. The number of nitrogens with zero attached hydrogens (tertiary/aromatic N) is 4. The molecule has 3 aromatic rings. The number of rotatable bonds is 6. The average molecular weight is 551 g/mol. The molecule has 1 fully saturated rings. The Morgan fingerprint density at radius 3 is 2.29 bits per heavy atom. The highest BCUT2D eigenvalue weighted by molar-refractivity contribution is 7.89. The van der Waals surface area contributed by atoms with Crippen LogP contribution in [0.5, 0.6) is 5.75 Å². The van der Waals surface area contributed by atoms with Gasteiger partial charge in [-0.2, -0.15) is 9.78 Å². The highest BCUT2D eigenvalue weighted by Gasteiger charge is 2.32. The second-order valence-electron chi connectivity index (χ2n) is 9.62. The largest absolute Gasteiger partial charge is 0.598 e. The summed E-state index contributed by atoms with van der Waals surface area (Å²) in [6, 6.07) is 4.70. The number of piperazine rings is 1. The molecular weight excluding hydrogens is 524 g/mol. The lowest BCUT2D eigenvalue weighted by Crippen LogP contribution is -2.50. The fourth-order valence-corrected chi connectivity index (χ4v) is 6.00. The van der Waals surface area contributed by atoms with Gasteiger partial charge in [-0.1, -0.05) is 0 Å². The first kappa shape index (κ1) is 26.5. The van der Waals surface area contributed by atoms with E-state index >= 15 is 0 Å². The van der Waals surface area contributed by atoms with Crippen molar-refractivity contribution in [1.29, 1.82) is 0 Å². The number of fused-ring (bicyclic) bond motifs is 1. The SMILES string of the molecule is CC(C)[S+]([O-])N1CCN(c2cnn(-c3cc(F)cc(F)c3)c(=O)c2OC2Cc3cc(F)cc(F)c3C2)CC1. The summed E-state index contributed by atoms with van der Waals surface area (Å²) in [5.74, 6) is -3.24. The van der Waals surface area contributed by atoms with Gasteiger partial charge in [-0.25, -0.2) is 17.6 Å². The highest BCUT2D eigenvalue weighted by atomic mass is 32.2. The minimum absolute atomic E-state index is 0.0352. The van der Waals surface area contributed by atoms with Crippen LogP contribution in [0.4, 0.5) is 23.2 Å². The average Bonchev–Trinajstić information content (AvgIpc) is 3.27. The summed E-state index contributed by atoms with van der Waals surface area (Å²) in [6.45, 7) is 5.56. The number of aromatic nitrogens is 2. The van der Waals surface area contributed by atoms with Crippen LogP contribution in [0.2, 0.25) is 0 Å². The summed E-state index contributed by atoms with van der Waals surface area (Å²) >= 11 is -1.15. The van der Waals surface area contributed by atoms with Crippen molar-refractivity contribution in [1.82, 2.24) is 14.1 Å². The summed E-state index contributed by atoms with van der Waals surface area (Å²) in [4.78, 5) is 15.5. The molecule has 1 aliphatic heterocycles. The number of hydrogen-bond donors (Lipinski definition) is 0. The zero-order valence-electron chi connectivity index (χ0n) is 20.8. The Balaban J connectivity index is 1.49. The zero-order chi connectivity index (χ0) is 27.1. The Kier molecular flexibility index (Phi) is 7.38. The van der Waals surface area contributed by atoms with Gasteiger partial charge in [-0.15, -0.1) is 4.31 Å². The molecule has 2 unspecified atom stereocenters. The van der Waals surface area contributed by atoms with Crippen molar-refractivity contribution in [2.45, 2.75) is 38.0 Å². The van der Waals surface area contributed by atoms with Crippen LogP contribution >= 0.6 is 0 Å². The van der Waals surface area contributed by atoms with Crippen LogP contribution in [0.15, 0.2) is 41.3 Å². The van der Waals surface area contributed by atoms with Crippen molar-refractivity contribution in [3.05, 3.63) is 81.3 Å². The molecule has 2 aliphatic rings. The van der Waals surface area contributed by atoms with Crippen LogP contribution in [-0.2, 0) is 24.2 Å². The predicted octanol–water partition coefficient (Wildman–Crippen LogP) is 3.53. The maximum absolute atomic E-state index is 14.4. The van der Waals surface area contributed by atoms with Gasteiger partial charge in [0.2, 0.25) is 5.75 Å². The van der Waals surface area contributed by atoms with Crippen molar-refractivity contribution in [3.8, 4) is 11.4 Å². The van der Waals surface area contributed by atoms with Crippen molar-refractivity contribution in [3.63, 3.8) is 0 Å². The standard InChI is InChI=1S/C26H26F4N4O3S/c1-15(2)38(36)33-5-3-32(4-6-33)24-14-31-34(20-10-18(28)9-19(29)11-20)26(35)25(24)37-21-8-16-7-17(27)12-23(30)22(16)13-21/h7,9-12,14-15,21H,3-6,8,13H2,1-2H3. The molecule has 5 rings (SSSR count). The third kappa shape index (κ3) is 5.25. The molecule has 0 N–H and O–H groups in total. The Bertz CT molecular complexity index is 1390. The second kappa shape index (κ2) is 10.6. The van der Waals surface area contributed by atoms with E-state index in [2.05, 4.69) is 5.10 Å². The third-order valence-corrected chi connectivity index (χ3v) is 8.34. The third-order valence-electron chi connectivity index (χ3n) is 6.66. The first-order valence-electron chi connectivity index (χ1n) is 12.2. The summed E-state index contributed by atoms with van der Waals surface area (Å²) in [6.07, 6.45) is 1.03. The van der Waals surface area contributed by atoms with Crippen LogP contribution in [0.25, 0.3) is 5.69 Å². The molecule has 0 radical (unpaired) electrons. The molecule has 2 aromatic carbocycles. The number of ether oxygens (including phenoxy) is 1. The smallest absolute Gasteiger partial charge is 0.316 e. The van der Waals surface area contributed by atoms with Crippen molar-refractivity contribution >= 4 is 17.0 Å². The molecule has 0 spiro atoms. The lowest BCUT2D eigenvalue weighted by molar-refractivity contribution is 0.209. The van der Waals surface area contributed by atoms with E-state index in [0.29, 0.717) is 49.1 Å². The molecule has 38 heavy (non-hydrogen) atoms. The van der Waals surface area contributed by atoms with Crippen molar-refractivity contribution in [2.24, 2.45) is 0 Å². The Labute approximate surface area is 219 Å². The Morgan fingerprint density at radius 1 is 0.974 bits per heavy atom. The fourth-order valence-electron chi connectivity index (χ4n) is 4.88. The predicted molar refractivity (Wildman–Crippen MR) is 135 cm³/mol. The molecule has 12 heteroatoms. The minimum atomic E-state index is -1.15. The number of anilines is 1. The lowest BCUT2D eigenvalue weighted by atomic mass is 10.1. The summed E-state index contributed by atoms with van der Waals surface area (Å²) < 4.78 is 77.3. The monoisotopic (exact) mass is 550 g/mol. The molecule has 2 atom stereocenters. The molecule has 0 amide bonds. The number of halogens is 4. The van der Waals surface area contributed by atoms with Gasteiger partial charge < -0.3 is 14.2 Å². The fraction of sp³-hybridized carbons (Fsp3) is 0.385. The van der Waals surface area contributed by atoms with E-state index in [1.165, 1.54) is 12.3 Å². The van der Waals surface area contributed by atoms with Gasteiger partial charge in [-0.3, -0.25) is 4.79 Å². The Hall–Kier alpha value is -3.09. The quantitative estimate of drug-likeness (QED) is 0.346. The molecule has 2 heterocycles. The molecule has 1 saturated heterocycles. The molecule has 202 valence electrons. The molecular formula is C26H26F4N4O3S. The summed E-state index contributed by atoms with van der Waals surface area (Å²) in [7, 11) is 0. The first-order chi connectivity index (χ1) is 18.1. The normalized spacial score (nSPS) is 18.6. The topological polar surface area (TPSA) is 73.7 Å². The highest BCUT2D eigenvalue weighted by Crippen LogP contribution is 2.32. The van der Waals surface area contributed by atoms with E-state index in [1.54, 1.807) is 0 Å². The summed E-state index contributed by atoms with van der Waals surface area (Å²) in [5.41, 5.74) is 0.276. The van der Waals surface area contributed by atoms with Gasteiger partial charge in [0.1, 0.15) is 40.3 Å². The van der Waals surface area contributed by atoms with Crippen LogP contribution in [0.1, 0.15) is 25.0 Å². The van der Waals surface area contributed by atoms with Crippen LogP contribution in [0, 0.1) is 23.3 Å². The van der Waals surface area contributed by atoms with Gasteiger partial charge in [0.05, 0.1) is 25.0 Å². The van der Waals surface area contributed by atoms with E-state index < -0.39 is 46.3 Å². The number of hydrogen-bond acceptors (Lipinski definition) is 6.